The maximum absolute atomic E-state index is 5.52. The van der Waals surface area contributed by atoms with Crippen molar-refractivity contribution < 1.29 is 9.26 Å². The molecular formula is C14H23N3O2. The van der Waals surface area contributed by atoms with Gasteiger partial charge in [-0.25, -0.2) is 0 Å². The molecule has 5 heteroatoms. The topological polar surface area (TPSA) is 60.2 Å². The van der Waals surface area contributed by atoms with E-state index in [0.29, 0.717) is 17.9 Å². The van der Waals surface area contributed by atoms with Crippen molar-refractivity contribution in [2.24, 2.45) is 5.92 Å². The Kier molecular flexibility index (Phi) is 3.84. The molecule has 0 spiro atoms. The summed E-state index contributed by atoms with van der Waals surface area (Å²) < 4.78 is 11.0. The largest absolute Gasteiger partial charge is 0.373 e. The normalized spacial score (nSPS) is 29.4. The summed E-state index contributed by atoms with van der Waals surface area (Å²) in [4.78, 5) is 4.62. The molecule has 3 rings (SSSR count). The van der Waals surface area contributed by atoms with Crippen LogP contribution in [0.5, 0.6) is 0 Å². The smallest absolute Gasteiger partial charge is 0.231 e. The van der Waals surface area contributed by atoms with Gasteiger partial charge in [0.2, 0.25) is 11.7 Å². The molecule has 0 aromatic carbocycles. The SMILES string of the molecule is CNC1CCCCC1c1nc(C(OC)C2CC2)no1. The van der Waals surface area contributed by atoms with E-state index in [-0.39, 0.29) is 6.10 Å². The number of nitrogens with one attached hydrogen (secondary N) is 1. The highest BCUT2D eigenvalue weighted by molar-refractivity contribution is 5.04. The molecule has 19 heavy (non-hydrogen) atoms. The van der Waals surface area contributed by atoms with E-state index in [2.05, 4.69) is 15.5 Å². The monoisotopic (exact) mass is 265 g/mol. The fraction of sp³-hybridized carbons (Fsp3) is 0.857. The van der Waals surface area contributed by atoms with E-state index in [1.54, 1.807) is 7.11 Å². The van der Waals surface area contributed by atoms with Gasteiger partial charge < -0.3 is 14.6 Å². The van der Waals surface area contributed by atoms with E-state index >= 15 is 0 Å². The van der Waals surface area contributed by atoms with E-state index in [9.17, 15) is 0 Å². The van der Waals surface area contributed by atoms with Crippen molar-refractivity contribution in [3.63, 3.8) is 0 Å². The molecule has 0 amide bonds. The van der Waals surface area contributed by atoms with Crippen molar-refractivity contribution in [2.45, 2.75) is 56.6 Å². The maximum Gasteiger partial charge on any atom is 0.231 e. The molecular weight excluding hydrogens is 242 g/mol. The molecule has 106 valence electrons. The van der Waals surface area contributed by atoms with Gasteiger partial charge in [-0.2, -0.15) is 4.98 Å². The van der Waals surface area contributed by atoms with Gasteiger partial charge in [-0.3, -0.25) is 0 Å². The van der Waals surface area contributed by atoms with Crippen LogP contribution in [0, 0.1) is 5.92 Å². The average Bonchev–Trinajstić information content (AvgIpc) is 3.17. The fourth-order valence-corrected chi connectivity index (χ4v) is 3.19. The van der Waals surface area contributed by atoms with Crippen molar-refractivity contribution in [1.82, 2.24) is 15.5 Å². The molecule has 2 saturated carbocycles. The Hall–Kier alpha value is -0.940. The van der Waals surface area contributed by atoms with Crippen molar-refractivity contribution in [1.29, 1.82) is 0 Å². The maximum atomic E-state index is 5.52. The lowest BCUT2D eigenvalue weighted by Crippen LogP contribution is -2.34. The van der Waals surface area contributed by atoms with Gasteiger partial charge in [-0.15, -0.1) is 0 Å². The second-order valence-corrected chi connectivity index (χ2v) is 5.77. The van der Waals surface area contributed by atoms with Crippen molar-refractivity contribution in [3.8, 4) is 0 Å². The van der Waals surface area contributed by atoms with Gasteiger partial charge in [0.1, 0.15) is 6.10 Å². The highest BCUT2D eigenvalue weighted by Crippen LogP contribution is 2.42. The van der Waals surface area contributed by atoms with Crippen LogP contribution in [0.1, 0.15) is 62.3 Å². The number of nitrogens with zero attached hydrogens (tertiary/aromatic N) is 2. The summed E-state index contributed by atoms with van der Waals surface area (Å²) >= 11 is 0. The predicted octanol–water partition coefficient (Wildman–Crippen LogP) is 2.41. The van der Waals surface area contributed by atoms with E-state index in [0.717, 1.165) is 18.1 Å². The minimum atomic E-state index is 0.0223. The van der Waals surface area contributed by atoms with Crippen molar-refractivity contribution in [3.05, 3.63) is 11.7 Å². The second-order valence-electron chi connectivity index (χ2n) is 5.77. The summed E-state index contributed by atoms with van der Waals surface area (Å²) in [5, 5.41) is 7.53. The Bertz CT molecular complexity index is 417. The number of methoxy groups -OCH3 is 1. The number of hydrogen-bond donors (Lipinski definition) is 1. The summed E-state index contributed by atoms with van der Waals surface area (Å²) in [5.41, 5.74) is 0. The number of rotatable bonds is 5. The lowest BCUT2D eigenvalue weighted by atomic mass is 9.84. The van der Waals surface area contributed by atoms with Gasteiger partial charge in [0.05, 0.1) is 5.92 Å². The zero-order valence-corrected chi connectivity index (χ0v) is 11.8. The third kappa shape index (κ3) is 2.67. The number of hydrogen-bond acceptors (Lipinski definition) is 5. The Labute approximate surface area is 114 Å². The zero-order valence-electron chi connectivity index (χ0n) is 11.8. The van der Waals surface area contributed by atoms with E-state index in [4.69, 9.17) is 9.26 Å². The third-order valence-electron chi connectivity index (χ3n) is 4.47. The van der Waals surface area contributed by atoms with Gasteiger partial charge in [-0.05, 0) is 38.6 Å². The molecule has 3 unspecified atom stereocenters. The van der Waals surface area contributed by atoms with Crippen molar-refractivity contribution >= 4 is 0 Å². The molecule has 1 aromatic rings. The predicted molar refractivity (Wildman–Crippen MR) is 70.8 cm³/mol. The van der Waals surface area contributed by atoms with E-state index in [1.165, 1.54) is 32.1 Å². The van der Waals surface area contributed by atoms with Gasteiger partial charge >= 0.3 is 0 Å². The van der Waals surface area contributed by atoms with Crippen LogP contribution in [0.15, 0.2) is 4.52 Å². The van der Waals surface area contributed by atoms with Crippen LogP contribution in [-0.2, 0) is 4.74 Å². The molecule has 5 nitrogen and oxygen atoms in total. The highest BCUT2D eigenvalue weighted by Gasteiger charge is 2.37. The molecule has 2 fully saturated rings. The Balaban J connectivity index is 1.75. The standard InChI is InChI=1S/C14H23N3O2/c1-15-11-6-4-3-5-10(11)14-16-13(17-19-14)12(18-2)9-7-8-9/h9-12,15H,3-8H2,1-2H3. The summed E-state index contributed by atoms with van der Waals surface area (Å²) in [6.45, 7) is 0. The molecule has 2 aliphatic carbocycles. The highest BCUT2D eigenvalue weighted by atomic mass is 16.5. The molecule has 0 bridgehead atoms. The molecule has 0 aliphatic heterocycles. The van der Waals surface area contributed by atoms with Gasteiger partial charge in [0, 0.05) is 13.2 Å². The summed E-state index contributed by atoms with van der Waals surface area (Å²) in [5.74, 6) is 2.47. The first kappa shape index (κ1) is 13.1. The van der Waals surface area contributed by atoms with Crippen LogP contribution in [0.4, 0.5) is 0 Å². The lowest BCUT2D eigenvalue weighted by molar-refractivity contribution is 0.0751. The van der Waals surface area contributed by atoms with Gasteiger partial charge in [-0.1, -0.05) is 18.0 Å². The molecule has 1 aromatic heterocycles. The Morgan fingerprint density at radius 1 is 1.26 bits per heavy atom. The molecule has 3 atom stereocenters. The van der Waals surface area contributed by atoms with Crippen LogP contribution in [0.3, 0.4) is 0 Å². The van der Waals surface area contributed by atoms with Gasteiger partial charge in [0.15, 0.2) is 0 Å². The van der Waals surface area contributed by atoms with Gasteiger partial charge in [0.25, 0.3) is 0 Å². The summed E-state index contributed by atoms with van der Waals surface area (Å²) in [7, 11) is 3.75. The summed E-state index contributed by atoms with van der Waals surface area (Å²) in [6.07, 6.45) is 7.30. The molecule has 1 N–H and O–H groups in total. The van der Waals surface area contributed by atoms with Crippen molar-refractivity contribution in [2.75, 3.05) is 14.2 Å². The molecule has 0 saturated heterocycles. The van der Waals surface area contributed by atoms with Crippen LogP contribution in [0.25, 0.3) is 0 Å². The Morgan fingerprint density at radius 2 is 2.05 bits per heavy atom. The molecule has 0 radical (unpaired) electrons. The number of ether oxygens (including phenoxy) is 1. The van der Waals surface area contributed by atoms with Crippen LogP contribution >= 0.6 is 0 Å². The van der Waals surface area contributed by atoms with Crippen LogP contribution < -0.4 is 5.32 Å². The quantitative estimate of drug-likeness (QED) is 0.886. The minimum Gasteiger partial charge on any atom is -0.373 e. The second kappa shape index (κ2) is 5.59. The first-order valence-corrected chi connectivity index (χ1v) is 7.37. The number of likely N-dealkylation sites (N-methyl/N-ethyl adjacent to an activating group) is 1. The average molecular weight is 265 g/mol. The van der Waals surface area contributed by atoms with Crippen LogP contribution in [-0.4, -0.2) is 30.3 Å². The molecule has 1 heterocycles. The Morgan fingerprint density at radius 3 is 2.74 bits per heavy atom. The first-order chi connectivity index (χ1) is 9.33. The zero-order chi connectivity index (χ0) is 13.2. The number of aromatic nitrogens is 2. The first-order valence-electron chi connectivity index (χ1n) is 7.37. The van der Waals surface area contributed by atoms with Crippen LogP contribution in [0.2, 0.25) is 0 Å². The summed E-state index contributed by atoms with van der Waals surface area (Å²) in [6, 6.07) is 0.462. The minimum absolute atomic E-state index is 0.0223. The fourth-order valence-electron chi connectivity index (χ4n) is 3.19. The molecule has 2 aliphatic rings. The van der Waals surface area contributed by atoms with E-state index in [1.807, 2.05) is 7.05 Å². The third-order valence-corrected chi connectivity index (χ3v) is 4.47. The van der Waals surface area contributed by atoms with E-state index < -0.39 is 0 Å². The lowest BCUT2D eigenvalue weighted by Gasteiger charge is -2.28.